The highest BCUT2D eigenvalue weighted by atomic mass is 32.2. The molecule has 0 spiro atoms. The molecule has 88 valence electrons. The molecule has 2 fully saturated rings. The summed E-state index contributed by atoms with van der Waals surface area (Å²) in [6.45, 7) is 5.58. The highest BCUT2D eigenvalue weighted by Gasteiger charge is 2.40. The summed E-state index contributed by atoms with van der Waals surface area (Å²) in [6.07, 6.45) is 1.95. The van der Waals surface area contributed by atoms with Gasteiger partial charge in [-0.15, -0.1) is 0 Å². The fourth-order valence-electron chi connectivity index (χ4n) is 2.31. The van der Waals surface area contributed by atoms with E-state index in [0.717, 1.165) is 6.42 Å². The summed E-state index contributed by atoms with van der Waals surface area (Å²) in [5.74, 6) is 1.24. The minimum absolute atomic E-state index is 0.0330. The molecule has 2 aliphatic rings. The lowest BCUT2D eigenvalue weighted by atomic mass is 9.96. The number of aliphatic hydroxyl groups is 1. The summed E-state index contributed by atoms with van der Waals surface area (Å²) >= 11 is 2.01. The summed E-state index contributed by atoms with van der Waals surface area (Å²) < 4.78 is 5.42. The first-order chi connectivity index (χ1) is 7.12. The van der Waals surface area contributed by atoms with Crippen molar-refractivity contribution in [1.29, 1.82) is 0 Å². The van der Waals surface area contributed by atoms with Crippen molar-refractivity contribution in [3.8, 4) is 0 Å². The molecule has 2 heterocycles. The maximum absolute atomic E-state index is 10.3. The van der Waals surface area contributed by atoms with Crippen molar-refractivity contribution < 1.29 is 9.84 Å². The normalized spacial score (nSPS) is 46.2. The third-order valence-corrected chi connectivity index (χ3v) is 5.03. The van der Waals surface area contributed by atoms with Gasteiger partial charge in [0.2, 0.25) is 0 Å². The van der Waals surface area contributed by atoms with Crippen LogP contribution in [-0.2, 0) is 4.74 Å². The maximum Gasteiger partial charge on any atom is 0.105 e. The predicted octanol–water partition coefficient (Wildman–Crippen LogP) is 1.01. The van der Waals surface area contributed by atoms with Crippen LogP contribution in [0.3, 0.4) is 0 Å². The molecule has 4 unspecified atom stereocenters. The molecule has 0 saturated carbocycles. The van der Waals surface area contributed by atoms with Crippen LogP contribution in [0.5, 0.6) is 0 Å². The Balaban J connectivity index is 1.81. The summed E-state index contributed by atoms with van der Waals surface area (Å²) in [5, 5.41) is 14.5. The molecule has 3 nitrogen and oxygen atoms in total. The van der Waals surface area contributed by atoms with Crippen LogP contribution in [0.2, 0.25) is 0 Å². The predicted molar refractivity (Wildman–Crippen MR) is 63.3 cm³/mol. The minimum Gasteiger partial charge on any atom is -0.386 e. The van der Waals surface area contributed by atoms with Gasteiger partial charge in [-0.3, -0.25) is 0 Å². The van der Waals surface area contributed by atoms with Crippen LogP contribution in [0, 0.1) is 0 Å². The SMILES string of the molecule is CC1SCCC1NCC1(O)CCOC1C. The van der Waals surface area contributed by atoms with E-state index in [1.54, 1.807) is 0 Å². The summed E-state index contributed by atoms with van der Waals surface area (Å²) in [7, 11) is 0. The highest BCUT2D eigenvalue weighted by Crippen LogP contribution is 2.28. The van der Waals surface area contributed by atoms with Crippen molar-refractivity contribution in [2.75, 3.05) is 18.9 Å². The van der Waals surface area contributed by atoms with Crippen LogP contribution in [0.15, 0.2) is 0 Å². The van der Waals surface area contributed by atoms with Crippen molar-refractivity contribution >= 4 is 11.8 Å². The number of hydrogen-bond acceptors (Lipinski definition) is 4. The quantitative estimate of drug-likeness (QED) is 0.760. The van der Waals surface area contributed by atoms with E-state index in [2.05, 4.69) is 12.2 Å². The molecule has 0 bridgehead atoms. The average molecular weight is 231 g/mol. The van der Waals surface area contributed by atoms with E-state index in [-0.39, 0.29) is 6.10 Å². The van der Waals surface area contributed by atoms with Crippen molar-refractivity contribution in [2.45, 2.75) is 49.7 Å². The summed E-state index contributed by atoms with van der Waals surface area (Å²) in [4.78, 5) is 0. The standard InChI is InChI=1S/C11H21NO2S/c1-8-10(3-6-15-8)12-7-11(13)4-5-14-9(11)2/h8-10,12-13H,3-7H2,1-2H3. The highest BCUT2D eigenvalue weighted by molar-refractivity contribution is 8.00. The van der Waals surface area contributed by atoms with Gasteiger partial charge < -0.3 is 15.2 Å². The summed E-state index contributed by atoms with van der Waals surface area (Å²) in [5.41, 5.74) is -0.646. The lowest BCUT2D eigenvalue weighted by molar-refractivity contribution is -0.0275. The molecule has 15 heavy (non-hydrogen) atoms. The number of thioether (sulfide) groups is 1. The van der Waals surface area contributed by atoms with E-state index in [1.807, 2.05) is 18.7 Å². The second kappa shape index (κ2) is 4.62. The second-order valence-electron chi connectivity index (χ2n) is 4.72. The van der Waals surface area contributed by atoms with Gasteiger partial charge in [0.25, 0.3) is 0 Å². The average Bonchev–Trinajstić information content (AvgIpc) is 2.73. The lowest BCUT2D eigenvalue weighted by Crippen LogP contribution is -2.49. The van der Waals surface area contributed by atoms with E-state index >= 15 is 0 Å². The Hall–Kier alpha value is 0.230. The Morgan fingerprint density at radius 3 is 2.87 bits per heavy atom. The van der Waals surface area contributed by atoms with Crippen LogP contribution in [0.1, 0.15) is 26.7 Å². The Bertz CT molecular complexity index is 227. The second-order valence-corrected chi connectivity index (χ2v) is 6.20. The Morgan fingerprint density at radius 1 is 1.53 bits per heavy atom. The third-order valence-electron chi connectivity index (χ3n) is 3.71. The van der Waals surface area contributed by atoms with Gasteiger partial charge in [-0.2, -0.15) is 11.8 Å². The van der Waals surface area contributed by atoms with E-state index < -0.39 is 5.60 Å². The molecule has 2 aliphatic heterocycles. The van der Waals surface area contributed by atoms with Gasteiger partial charge in [-0.25, -0.2) is 0 Å². The van der Waals surface area contributed by atoms with Crippen molar-refractivity contribution in [1.82, 2.24) is 5.32 Å². The van der Waals surface area contributed by atoms with E-state index in [9.17, 15) is 5.11 Å². The zero-order chi connectivity index (χ0) is 10.9. The van der Waals surface area contributed by atoms with E-state index in [0.29, 0.717) is 24.4 Å². The fraction of sp³-hybridized carbons (Fsp3) is 1.00. The molecule has 0 radical (unpaired) electrons. The molecule has 4 atom stereocenters. The first kappa shape index (κ1) is 11.7. The topological polar surface area (TPSA) is 41.5 Å². The number of ether oxygens (including phenoxy) is 1. The molecule has 0 aromatic heterocycles. The maximum atomic E-state index is 10.3. The van der Waals surface area contributed by atoms with Crippen molar-refractivity contribution in [2.24, 2.45) is 0 Å². The van der Waals surface area contributed by atoms with Crippen LogP contribution in [0.4, 0.5) is 0 Å². The van der Waals surface area contributed by atoms with Crippen LogP contribution < -0.4 is 5.32 Å². The van der Waals surface area contributed by atoms with E-state index in [1.165, 1.54) is 12.2 Å². The molecule has 0 amide bonds. The monoisotopic (exact) mass is 231 g/mol. The molecule has 2 N–H and O–H groups in total. The Kier molecular flexibility index (Phi) is 3.60. The Morgan fingerprint density at radius 2 is 2.33 bits per heavy atom. The molecule has 0 aromatic carbocycles. The van der Waals surface area contributed by atoms with Gasteiger partial charge in [0.05, 0.1) is 6.10 Å². The minimum atomic E-state index is -0.646. The zero-order valence-electron chi connectivity index (χ0n) is 9.53. The van der Waals surface area contributed by atoms with Gasteiger partial charge in [0.1, 0.15) is 5.60 Å². The van der Waals surface area contributed by atoms with Gasteiger partial charge in [-0.05, 0) is 19.1 Å². The first-order valence-corrected chi connectivity index (χ1v) is 6.86. The molecule has 0 aliphatic carbocycles. The number of nitrogens with one attached hydrogen (secondary N) is 1. The van der Waals surface area contributed by atoms with Gasteiger partial charge in [0, 0.05) is 30.9 Å². The molecule has 0 aromatic rings. The largest absolute Gasteiger partial charge is 0.386 e. The zero-order valence-corrected chi connectivity index (χ0v) is 10.3. The number of hydrogen-bond donors (Lipinski definition) is 2. The van der Waals surface area contributed by atoms with Crippen LogP contribution >= 0.6 is 11.8 Å². The summed E-state index contributed by atoms with van der Waals surface area (Å²) in [6, 6.07) is 0.562. The van der Waals surface area contributed by atoms with E-state index in [4.69, 9.17) is 4.74 Å². The molecular weight excluding hydrogens is 210 g/mol. The molecule has 2 rings (SSSR count). The first-order valence-electron chi connectivity index (χ1n) is 5.81. The van der Waals surface area contributed by atoms with Crippen molar-refractivity contribution in [3.63, 3.8) is 0 Å². The smallest absolute Gasteiger partial charge is 0.105 e. The van der Waals surface area contributed by atoms with Crippen LogP contribution in [-0.4, -0.2) is 47.0 Å². The third kappa shape index (κ3) is 2.49. The fourth-order valence-corrected chi connectivity index (χ4v) is 3.54. The van der Waals surface area contributed by atoms with Crippen LogP contribution in [0.25, 0.3) is 0 Å². The van der Waals surface area contributed by atoms with Gasteiger partial charge in [-0.1, -0.05) is 6.92 Å². The van der Waals surface area contributed by atoms with Crippen molar-refractivity contribution in [3.05, 3.63) is 0 Å². The molecule has 4 heteroatoms. The van der Waals surface area contributed by atoms with Gasteiger partial charge >= 0.3 is 0 Å². The molecule has 2 saturated heterocycles. The van der Waals surface area contributed by atoms with Gasteiger partial charge in [0.15, 0.2) is 0 Å². The molecular formula is C11H21NO2S. The Labute approximate surface area is 96.0 Å². The number of rotatable bonds is 3. The lowest BCUT2D eigenvalue weighted by Gasteiger charge is -2.29.